The fraction of sp³-hybridized carbons (Fsp3) is 0.727. The molecule has 0 spiro atoms. The van der Waals surface area contributed by atoms with Crippen LogP contribution in [0.4, 0.5) is 0 Å². The van der Waals surface area contributed by atoms with Crippen LogP contribution in [0.1, 0.15) is 33.6 Å². The van der Waals surface area contributed by atoms with E-state index in [4.69, 9.17) is 0 Å². The average Bonchev–Trinajstić information content (AvgIpc) is 2.05. The fourth-order valence-electron chi connectivity index (χ4n) is 1.32. The van der Waals surface area contributed by atoms with E-state index in [9.17, 15) is 0 Å². The molecular weight excluding hydrogens is 153 g/mol. The first kappa shape index (κ1) is 15.8. The van der Waals surface area contributed by atoms with E-state index in [2.05, 4.69) is 32.6 Å². The minimum atomic E-state index is 0. The molecule has 0 aromatic heterocycles. The molecule has 13 heavy (non-hydrogen) atoms. The molecule has 0 saturated carbocycles. The van der Waals surface area contributed by atoms with Crippen molar-refractivity contribution in [3.8, 4) is 0 Å². The van der Waals surface area contributed by atoms with Gasteiger partial charge in [0, 0.05) is 6.54 Å². The Morgan fingerprint density at radius 3 is 2.00 bits per heavy atom. The van der Waals surface area contributed by atoms with E-state index in [-0.39, 0.29) is 18.9 Å². The van der Waals surface area contributed by atoms with Crippen LogP contribution in [-0.4, -0.2) is 43.4 Å². The third-order valence-corrected chi connectivity index (χ3v) is 1.90. The molecular formula is C11H23LiN. The molecule has 1 radical (unpaired) electrons. The van der Waals surface area contributed by atoms with Gasteiger partial charge in [-0.15, -0.1) is 0 Å². The van der Waals surface area contributed by atoms with Gasteiger partial charge in [0.1, 0.15) is 0 Å². The molecule has 0 N–H and O–H groups in total. The van der Waals surface area contributed by atoms with Crippen LogP contribution in [0.2, 0.25) is 0 Å². The third kappa shape index (κ3) is 8.62. The summed E-state index contributed by atoms with van der Waals surface area (Å²) >= 11 is 0. The predicted octanol–water partition coefficient (Wildman–Crippen LogP) is 2.24. The summed E-state index contributed by atoms with van der Waals surface area (Å²) < 4.78 is 0. The fourth-order valence-corrected chi connectivity index (χ4v) is 1.32. The molecule has 0 aromatic rings. The molecule has 2 heteroatoms. The van der Waals surface area contributed by atoms with E-state index < -0.39 is 0 Å². The van der Waals surface area contributed by atoms with E-state index in [0.717, 1.165) is 6.54 Å². The molecule has 0 amide bonds. The van der Waals surface area contributed by atoms with Crippen molar-refractivity contribution in [3.63, 3.8) is 0 Å². The molecule has 0 heterocycles. The van der Waals surface area contributed by atoms with Crippen molar-refractivity contribution < 1.29 is 0 Å². The van der Waals surface area contributed by atoms with Crippen molar-refractivity contribution in [1.82, 2.24) is 4.90 Å². The van der Waals surface area contributed by atoms with Gasteiger partial charge in [0.15, 0.2) is 0 Å². The van der Waals surface area contributed by atoms with Gasteiger partial charge in [-0.25, -0.2) is 0 Å². The monoisotopic (exact) mass is 176 g/mol. The van der Waals surface area contributed by atoms with Gasteiger partial charge in [0.2, 0.25) is 0 Å². The van der Waals surface area contributed by atoms with Crippen LogP contribution >= 0.6 is 0 Å². The Kier molecular flexibility index (Phi) is 12.6. The summed E-state index contributed by atoms with van der Waals surface area (Å²) in [7, 11) is 0. The van der Waals surface area contributed by atoms with Gasteiger partial charge in [0.05, 0.1) is 0 Å². The van der Waals surface area contributed by atoms with Gasteiger partial charge in [-0.3, -0.25) is 4.90 Å². The first-order chi connectivity index (χ1) is 5.74. The molecule has 0 unspecified atom stereocenters. The van der Waals surface area contributed by atoms with Gasteiger partial charge in [-0.2, -0.15) is 0 Å². The molecule has 0 saturated heterocycles. The molecule has 0 aliphatic rings. The molecule has 0 fully saturated rings. The van der Waals surface area contributed by atoms with Gasteiger partial charge in [-0.05, 0) is 39.8 Å². The average molecular weight is 176 g/mol. The SMILES string of the molecule is [CH2]C=C(C)CN(CCC)CCC.[LiH]. The Labute approximate surface area is 95.8 Å². The van der Waals surface area contributed by atoms with Crippen molar-refractivity contribution >= 4 is 18.9 Å². The summed E-state index contributed by atoms with van der Waals surface area (Å²) in [6.45, 7) is 13.9. The van der Waals surface area contributed by atoms with Crippen molar-refractivity contribution in [2.75, 3.05) is 19.6 Å². The maximum atomic E-state index is 3.77. The molecule has 1 nitrogen and oxygen atoms in total. The second kappa shape index (κ2) is 10.4. The number of hydrogen-bond donors (Lipinski definition) is 0. The zero-order chi connectivity index (χ0) is 9.40. The quantitative estimate of drug-likeness (QED) is 0.561. The summed E-state index contributed by atoms with van der Waals surface area (Å²) in [6.07, 6.45) is 4.44. The Hall–Kier alpha value is 0.297. The van der Waals surface area contributed by atoms with Crippen LogP contribution in [0.15, 0.2) is 11.6 Å². The summed E-state index contributed by atoms with van der Waals surface area (Å²) in [5.74, 6) is 0. The molecule has 0 aliphatic carbocycles. The van der Waals surface area contributed by atoms with Gasteiger partial charge in [-0.1, -0.05) is 25.5 Å². The van der Waals surface area contributed by atoms with Crippen LogP contribution in [0, 0.1) is 6.92 Å². The van der Waals surface area contributed by atoms with Crippen LogP contribution in [0.3, 0.4) is 0 Å². The van der Waals surface area contributed by atoms with E-state index >= 15 is 0 Å². The zero-order valence-electron chi connectivity index (χ0n) is 8.77. The molecule has 0 aliphatic heterocycles. The van der Waals surface area contributed by atoms with Crippen molar-refractivity contribution in [3.05, 3.63) is 18.6 Å². The molecule has 0 atom stereocenters. The normalized spacial score (nSPS) is 11.6. The second-order valence-corrected chi connectivity index (χ2v) is 3.33. The molecule has 0 rings (SSSR count). The van der Waals surface area contributed by atoms with E-state index in [0.29, 0.717) is 0 Å². The predicted molar refractivity (Wildman–Crippen MR) is 63.3 cm³/mol. The van der Waals surface area contributed by atoms with Crippen LogP contribution in [-0.2, 0) is 0 Å². The topological polar surface area (TPSA) is 3.24 Å². The summed E-state index contributed by atoms with van der Waals surface area (Å²) in [4.78, 5) is 2.48. The van der Waals surface area contributed by atoms with Crippen molar-refractivity contribution in [2.45, 2.75) is 33.6 Å². The summed E-state index contributed by atoms with van der Waals surface area (Å²) in [6, 6.07) is 0. The number of rotatable bonds is 6. The Morgan fingerprint density at radius 2 is 1.69 bits per heavy atom. The number of nitrogens with zero attached hydrogens (tertiary/aromatic N) is 1. The first-order valence-electron chi connectivity index (χ1n) is 4.91. The van der Waals surface area contributed by atoms with E-state index in [1.165, 1.54) is 31.5 Å². The standard InChI is InChI=1S/C11H22N.Li.H/c1-5-8-12(9-6-2)10-11(4)7-3;;/h7H,3,5-6,8-10H2,1-2,4H3;;. The van der Waals surface area contributed by atoms with Crippen molar-refractivity contribution in [1.29, 1.82) is 0 Å². The molecule has 0 bridgehead atoms. The summed E-state index contributed by atoms with van der Waals surface area (Å²) in [5.41, 5.74) is 1.37. The Bertz CT molecular complexity index is 126. The maximum absolute atomic E-state index is 3.77. The van der Waals surface area contributed by atoms with E-state index in [1.54, 1.807) is 0 Å². The minimum absolute atomic E-state index is 0. The van der Waals surface area contributed by atoms with Crippen LogP contribution in [0.25, 0.3) is 0 Å². The van der Waals surface area contributed by atoms with Gasteiger partial charge < -0.3 is 0 Å². The van der Waals surface area contributed by atoms with Crippen LogP contribution in [0.5, 0.6) is 0 Å². The Balaban J connectivity index is 0. The van der Waals surface area contributed by atoms with Crippen molar-refractivity contribution in [2.24, 2.45) is 0 Å². The first-order valence-corrected chi connectivity index (χ1v) is 4.91. The molecule has 0 aromatic carbocycles. The third-order valence-electron chi connectivity index (χ3n) is 1.90. The molecule has 73 valence electrons. The van der Waals surface area contributed by atoms with Gasteiger partial charge in [0.25, 0.3) is 0 Å². The zero-order valence-corrected chi connectivity index (χ0v) is 8.77. The second-order valence-electron chi connectivity index (χ2n) is 3.33. The summed E-state index contributed by atoms with van der Waals surface area (Å²) in [5, 5.41) is 0. The Morgan fingerprint density at radius 1 is 1.23 bits per heavy atom. The van der Waals surface area contributed by atoms with E-state index in [1.807, 2.05) is 6.08 Å². The number of hydrogen-bond acceptors (Lipinski definition) is 1. The van der Waals surface area contributed by atoms with Gasteiger partial charge >= 0.3 is 18.9 Å². The van der Waals surface area contributed by atoms with Crippen LogP contribution < -0.4 is 0 Å². The number of allylic oxidation sites excluding steroid dienone is 1.